The van der Waals surface area contributed by atoms with Crippen molar-refractivity contribution in [3.8, 4) is 0 Å². The van der Waals surface area contributed by atoms with Gasteiger partial charge in [-0.25, -0.2) is 0 Å². The van der Waals surface area contributed by atoms with E-state index < -0.39 is 5.92 Å². The molecule has 0 saturated carbocycles. The van der Waals surface area contributed by atoms with Gasteiger partial charge in [0, 0.05) is 0 Å². The van der Waals surface area contributed by atoms with Crippen LogP contribution in [0.1, 0.15) is 84.0 Å². The molecule has 0 radical (unpaired) electrons. The first-order valence-corrected chi connectivity index (χ1v) is 8.66. The number of carbonyl (C=O) groups is 2. The van der Waals surface area contributed by atoms with Crippen molar-refractivity contribution in [3.63, 3.8) is 0 Å². The number of esters is 2. The Morgan fingerprint density at radius 1 is 0.810 bits per heavy atom. The Labute approximate surface area is 129 Å². The molecule has 1 rings (SSSR count). The van der Waals surface area contributed by atoms with Crippen molar-refractivity contribution in [2.45, 2.75) is 84.0 Å². The van der Waals surface area contributed by atoms with Gasteiger partial charge in [-0.15, -0.1) is 0 Å². The van der Waals surface area contributed by atoms with Crippen LogP contribution in [0.25, 0.3) is 0 Å². The monoisotopic (exact) mass is 294 g/mol. The summed E-state index contributed by atoms with van der Waals surface area (Å²) in [5, 5.41) is 0. The van der Waals surface area contributed by atoms with Crippen molar-refractivity contribution in [2.75, 3.05) is 0 Å². The number of cyclic esters (lactones) is 2. The predicted octanol–water partition coefficient (Wildman–Crippen LogP) is 4.94. The smallest absolute Gasteiger partial charge is 0.328 e. The first kappa shape index (κ1) is 17.9. The van der Waals surface area contributed by atoms with Gasteiger partial charge in [-0.2, -0.15) is 0 Å². The third-order valence-corrected chi connectivity index (χ3v) is 4.03. The zero-order valence-electron chi connectivity index (χ0n) is 13.4. The lowest BCUT2D eigenvalue weighted by Crippen LogP contribution is -2.40. The van der Waals surface area contributed by atoms with Gasteiger partial charge in [-0.3, -0.25) is 9.59 Å². The molecule has 21 heavy (non-hydrogen) atoms. The van der Waals surface area contributed by atoms with Gasteiger partial charge < -0.3 is 4.74 Å². The highest BCUT2D eigenvalue weighted by molar-refractivity contribution is 6.09. The van der Waals surface area contributed by atoms with Crippen LogP contribution in [-0.2, 0) is 14.3 Å². The number of ether oxygens (including phenoxy) is 1. The minimum Gasteiger partial charge on any atom is -0.392 e. The normalized spacial score (nSPS) is 15.5. The number of hydrogen-bond acceptors (Lipinski definition) is 3. The van der Waals surface area contributed by atoms with Gasteiger partial charge >= 0.3 is 11.9 Å². The Kier molecular flexibility index (Phi) is 9.84. The van der Waals surface area contributed by atoms with Crippen LogP contribution in [-0.4, -0.2) is 11.9 Å². The third-order valence-electron chi connectivity index (χ3n) is 4.03. The van der Waals surface area contributed by atoms with Crippen molar-refractivity contribution in [1.82, 2.24) is 0 Å². The Bertz CT molecular complexity index is 319. The van der Waals surface area contributed by atoms with E-state index in [1.165, 1.54) is 64.2 Å². The minimum absolute atomic E-state index is 0.372. The first-order valence-electron chi connectivity index (χ1n) is 8.66. The molecule has 0 aromatic carbocycles. The zero-order valence-corrected chi connectivity index (χ0v) is 13.4. The molecule has 1 fully saturated rings. The second kappa shape index (κ2) is 11.5. The van der Waals surface area contributed by atoms with Gasteiger partial charge in [0.2, 0.25) is 0 Å². The fraction of sp³-hybridized carbons (Fsp3) is 0.778. The van der Waals surface area contributed by atoms with Crippen LogP contribution in [0.2, 0.25) is 0 Å². The minimum atomic E-state index is -0.519. The summed E-state index contributed by atoms with van der Waals surface area (Å²) in [5.41, 5.74) is 0. The zero-order chi connectivity index (χ0) is 15.3. The quantitative estimate of drug-likeness (QED) is 0.209. The number of rotatable bonds is 13. The standard InChI is InChI=1S/C18H30O3/c1-2-3-4-5-6-7-8-9-10-11-12-13-14-15-16-17(19)21-18(16)20/h13-14,16H,2-12,15H2,1H3/b14-13-. The van der Waals surface area contributed by atoms with Crippen molar-refractivity contribution in [2.24, 2.45) is 5.92 Å². The van der Waals surface area contributed by atoms with Crippen LogP contribution < -0.4 is 0 Å². The summed E-state index contributed by atoms with van der Waals surface area (Å²) in [6, 6.07) is 0. The molecule has 0 aromatic heterocycles. The van der Waals surface area contributed by atoms with E-state index in [2.05, 4.69) is 17.7 Å². The molecule has 0 spiro atoms. The van der Waals surface area contributed by atoms with Crippen LogP contribution in [0, 0.1) is 5.92 Å². The fourth-order valence-corrected chi connectivity index (χ4v) is 2.57. The number of allylic oxidation sites excluding steroid dienone is 2. The van der Waals surface area contributed by atoms with E-state index in [1.807, 2.05) is 6.08 Å². The van der Waals surface area contributed by atoms with Gasteiger partial charge in [-0.05, 0) is 19.3 Å². The second-order valence-electron chi connectivity index (χ2n) is 5.97. The number of carbonyl (C=O) groups excluding carboxylic acids is 2. The summed E-state index contributed by atoms with van der Waals surface area (Å²) in [4.78, 5) is 21.8. The lowest BCUT2D eigenvalue weighted by molar-refractivity contribution is -0.183. The first-order chi connectivity index (χ1) is 10.3. The van der Waals surface area contributed by atoms with E-state index in [0.717, 1.165) is 6.42 Å². The summed E-state index contributed by atoms with van der Waals surface area (Å²) in [5.74, 6) is -1.26. The maximum atomic E-state index is 10.9. The van der Waals surface area contributed by atoms with Gasteiger partial charge in [-0.1, -0.05) is 76.9 Å². The highest BCUT2D eigenvalue weighted by atomic mass is 16.6. The van der Waals surface area contributed by atoms with Gasteiger partial charge in [0.25, 0.3) is 0 Å². The summed E-state index contributed by atoms with van der Waals surface area (Å²) >= 11 is 0. The van der Waals surface area contributed by atoms with E-state index >= 15 is 0 Å². The van der Waals surface area contributed by atoms with E-state index in [4.69, 9.17) is 0 Å². The molecule has 0 N–H and O–H groups in total. The highest BCUT2D eigenvalue weighted by Crippen LogP contribution is 2.19. The van der Waals surface area contributed by atoms with E-state index in [0.29, 0.717) is 6.42 Å². The molecule has 1 aliphatic heterocycles. The van der Waals surface area contributed by atoms with Crippen LogP contribution in [0.3, 0.4) is 0 Å². The van der Waals surface area contributed by atoms with Crippen LogP contribution in [0.15, 0.2) is 12.2 Å². The average molecular weight is 294 g/mol. The van der Waals surface area contributed by atoms with Gasteiger partial charge in [0.15, 0.2) is 5.92 Å². The Hall–Kier alpha value is -1.12. The van der Waals surface area contributed by atoms with Crippen molar-refractivity contribution < 1.29 is 14.3 Å². The summed E-state index contributed by atoms with van der Waals surface area (Å²) < 4.78 is 4.30. The largest absolute Gasteiger partial charge is 0.392 e. The molecule has 0 bridgehead atoms. The molecule has 0 aromatic rings. The fourth-order valence-electron chi connectivity index (χ4n) is 2.57. The molecular formula is C18H30O3. The average Bonchev–Trinajstić information content (AvgIpc) is 2.47. The molecule has 1 aliphatic rings. The van der Waals surface area contributed by atoms with Crippen LogP contribution in [0.4, 0.5) is 0 Å². The second-order valence-corrected chi connectivity index (χ2v) is 5.97. The molecule has 120 valence electrons. The number of hydrogen-bond donors (Lipinski definition) is 0. The summed E-state index contributed by atoms with van der Waals surface area (Å²) in [7, 11) is 0. The SMILES string of the molecule is CCCCCCCCCCCC/C=C\CC1C(=O)OC1=O. The van der Waals surface area contributed by atoms with Gasteiger partial charge in [0.1, 0.15) is 0 Å². The maximum Gasteiger partial charge on any atom is 0.328 e. The Morgan fingerprint density at radius 3 is 1.86 bits per heavy atom. The molecule has 0 unspecified atom stereocenters. The third kappa shape index (κ3) is 8.03. The lowest BCUT2D eigenvalue weighted by atomic mass is 10.0. The predicted molar refractivity (Wildman–Crippen MR) is 84.8 cm³/mol. The van der Waals surface area contributed by atoms with Crippen molar-refractivity contribution >= 4 is 11.9 Å². The van der Waals surface area contributed by atoms with Crippen LogP contribution in [0.5, 0.6) is 0 Å². The summed E-state index contributed by atoms with van der Waals surface area (Å²) in [6.07, 6.45) is 19.0. The lowest BCUT2D eigenvalue weighted by Gasteiger charge is -2.19. The maximum absolute atomic E-state index is 10.9. The molecule has 1 saturated heterocycles. The molecule has 0 atom stereocenters. The molecule has 1 heterocycles. The Morgan fingerprint density at radius 2 is 1.33 bits per heavy atom. The molecule has 3 nitrogen and oxygen atoms in total. The van der Waals surface area contributed by atoms with E-state index in [9.17, 15) is 9.59 Å². The Balaban J connectivity index is 1.80. The number of unbranched alkanes of at least 4 members (excludes halogenated alkanes) is 10. The highest BCUT2D eigenvalue weighted by Gasteiger charge is 2.40. The molecular weight excluding hydrogens is 264 g/mol. The van der Waals surface area contributed by atoms with E-state index in [-0.39, 0.29) is 11.9 Å². The summed E-state index contributed by atoms with van der Waals surface area (Å²) in [6.45, 7) is 2.25. The molecule has 3 heteroatoms. The topological polar surface area (TPSA) is 43.4 Å². The van der Waals surface area contributed by atoms with E-state index in [1.54, 1.807) is 0 Å². The van der Waals surface area contributed by atoms with Crippen LogP contribution >= 0.6 is 0 Å². The van der Waals surface area contributed by atoms with Crippen molar-refractivity contribution in [1.29, 1.82) is 0 Å². The molecule has 0 aliphatic carbocycles. The van der Waals surface area contributed by atoms with Crippen molar-refractivity contribution in [3.05, 3.63) is 12.2 Å². The van der Waals surface area contributed by atoms with Gasteiger partial charge in [0.05, 0.1) is 0 Å². The molecule has 0 amide bonds.